The van der Waals surface area contributed by atoms with Gasteiger partial charge in [0.1, 0.15) is 5.75 Å². The predicted octanol–water partition coefficient (Wildman–Crippen LogP) is 1.05. The van der Waals surface area contributed by atoms with Crippen molar-refractivity contribution in [1.82, 2.24) is 9.80 Å². The number of Topliss-reactive ketones (excluding diaryl/α,β-unsaturated/α-hetero) is 1. The van der Waals surface area contributed by atoms with Gasteiger partial charge < -0.3 is 9.64 Å². The summed E-state index contributed by atoms with van der Waals surface area (Å²) in [5, 5.41) is 0. The minimum Gasteiger partial charge on any atom is -0.497 e. The standard InChI is InChI=1S/C15H22N2O2/c1-16-7-8-17(2)14(11-16)15(18)10-12-5-4-6-13(9-12)19-3/h4-6,9,14H,7-8,10-11H2,1-3H3. The lowest BCUT2D eigenvalue weighted by Crippen LogP contribution is -2.53. The predicted molar refractivity (Wildman–Crippen MR) is 75.6 cm³/mol. The third-order valence-electron chi connectivity index (χ3n) is 3.74. The summed E-state index contributed by atoms with van der Waals surface area (Å²) in [5.41, 5.74) is 1.02. The Labute approximate surface area is 115 Å². The van der Waals surface area contributed by atoms with E-state index < -0.39 is 0 Å². The molecule has 1 aromatic carbocycles. The van der Waals surface area contributed by atoms with Crippen LogP contribution >= 0.6 is 0 Å². The third kappa shape index (κ3) is 3.55. The molecule has 1 unspecified atom stereocenters. The van der Waals surface area contributed by atoms with Crippen LogP contribution in [0.2, 0.25) is 0 Å². The molecule has 0 saturated carbocycles. The van der Waals surface area contributed by atoms with E-state index in [1.54, 1.807) is 7.11 Å². The molecule has 1 heterocycles. The molecule has 4 heteroatoms. The van der Waals surface area contributed by atoms with Crippen LogP contribution in [0.1, 0.15) is 5.56 Å². The second kappa shape index (κ2) is 6.17. The molecule has 0 N–H and O–H groups in total. The van der Waals surface area contributed by atoms with E-state index in [0.29, 0.717) is 6.42 Å². The average molecular weight is 262 g/mol. The molecule has 1 fully saturated rings. The summed E-state index contributed by atoms with van der Waals surface area (Å²) in [5.74, 6) is 1.08. The van der Waals surface area contributed by atoms with Crippen LogP contribution < -0.4 is 4.74 Å². The van der Waals surface area contributed by atoms with Crippen molar-refractivity contribution >= 4 is 5.78 Å². The quantitative estimate of drug-likeness (QED) is 0.812. The Balaban J connectivity index is 2.03. The monoisotopic (exact) mass is 262 g/mol. The van der Waals surface area contributed by atoms with Crippen LogP contribution in [0, 0.1) is 0 Å². The third-order valence-corrected chi connectivity index (χ3v) is 3.74. The molecule has 2 rings (SSSR count). The van der Waals surface area contributed by atoms with Gasteiger partial charge in [-0.05, 0) is 31.8 Å². The van der Waals surface area contributed by atoms with E-state index in [4.69, 9.17) is 4.74 Å². The fourth-order valence-corrected chi connectivity index (χ4v) is 2.46. The van der Waals surface area contributed by atoms with E-state index in [0.717, 1.165) is 30.9 Å². The highest BCUT2D eigenvalue weighted by Crippen LogP contribution is 2.15. The molecule has 104 valence electrons. The molecule has 19 heavy (non-hydrogen) atoms. The van der Waals surface area contributed by atoms with Gasteiger partial charge >= 0.3 is 0 Å². The molecule has 1 aliphatic heterocycles. The van der Waals surface area contributed by atoms with Gasteiger partial charge in [-0.15, -0.1) is 0 Å². The zero-order chi connectivity index (χ0) is 13.8. The molecule has 0 spiro atoms. The number of likely N-dealkylation sites (N-methyl/N-ethyl adjacent to an activating group) is 2. The Bertz CT molecular complexity index is 448. The van der Waals surface area contributed by atoms with Crippen LogP contribution in [0.15, 0.2) is 24.3 Å². The summed E-state index contributed by atoms with van der Waals surface area (Å²) in [7, 11) is 5.74. The van der Waals surface area contributed by atoms with E-state index >= 15 is 0 Å². The minimum absolute atomic E-state index is 0.00458. The van der Waals surface area contributed by atoms with Crippen LogP contribution in [0.4, 0.5) is 0 Å². The molecule has 0 aromatic heterocycles. The maximum absolute atomic E-state index is 12.4. The zero-order valence-electron chi connectivity index (χ0n) is 11.9. The van der Waals surface area contributed by atoms with Gasteiger partial charge in [-0.2, -0.15) is 0 Å². The number of ketones is 1. The molecule has 0 bridgehead atoms. The number of ether oxygens (including phenoxy) is 1. The molecule has 4 nitrogen and oxygen atoms in total. The second-order valence-corrected chi connectivity index (χ2v) is 5.25. The van der Waals surface area contributed by atoms with Crippen molar-refractivity contribution in [1.29, 1.82) is 0 Å². The van der Waals surface area contributed by atoms with E-state index in [9.17, 15) is 4.79 Å². The Kier molecular flexibility index (Phi) is 4.56. The normalized spacial score (nSPS) is 21.3. The number of carbonyl (C=O) groups excluding carboxylic acids is 1. The SMILES string of the molecule is COc1cccc(CC(=O)C2CN(C)CCN2C)c1. The number of hydrogen-bond acceptors (Lipinski definition) is 4. The Morgan fingerprint density at radius 1 is 1.37 bits per heavy atom. The molecule has 1 atom stereocenters. The molecule has 1 aliphatic rings. The van der Waals surface area contributed by atoms with Crippen molar-refractivity contribution in [2.24, 2.45) is 0 Å². The molecule has 1 saturated heterocycles. The van der Waals surface area contributed by atoms with Gasteiger partial charge in [0.2, 0.25) is 0 Å². The molecule has 0 amide bonds. The van der Waals surface area contributed by atoms with Crippen molar-refractivity contribution < 1.29 is 9.53 Å². The van der Waals surface area contributed by atoms with Crippen molar-refractivity contribution in [3.63, 3.8) is 0 Å². The number of rotatable bonds is 4. The van der Waals surface area contributed by atoms with Gasteiger partial charge in [0.15, 0.2) is 5.78 Å². The largest absolute Gasteiger partial charge is 0.497 e. The van der Waals surface area contributed by atoms with Gasteiger partial charge in [-0.3, -0.25) is 9.69 Å². The van der Waals surface area contributed by atoms with Gasteiger partial charge in [0.25, 0.3) is 0 Å². The van der Waals surface area contributed by atoms with Gasteiger partial charge in [-0.25, -0.2) is 0 Å². The number of methoxy groups -OCH3 is 1. The van der Waals surface area contributed by atoms with Crippen LogP contribution in [-0.2, 0) is 11.2 Å². The van der Waals surface area contributed by atoms with E-state index in [1.807, 2.05) is 31.3 Å². The summed E-state index contributed by atoms with van der Waals surface area (Å²) < 4.78 is 5.19. The Hall–Kier alpha value is -1.39. The lowest BCUT2D eigenvalue weighted by atomic mass is 10.0. The first-order chi connectivity index (χ1) is 9.10. The number of nitrogens with zero attached hydrogens (tertiary/aromatic N) is 2. The second-order valence-electron chi connectivity index (χ2n) is 5.25. The van der Waals surface area contributed by atoms with Crippen LogP contribution in [-0.4, -0.2) is 62.5 Å². The minimum atomic E-state index is 0.00458. The fourth-order valence-electron chi connectivity index (χ4n) is 2.46. The maximum Gasteiger partial charge on any atom is 0.155 e. The number of carbonyl (C=O) groups is 1. The molecular weight excluding hydrogens is 240 g/mol. The summed E-state index contributed by atoms with van der Waals surface area (Å²) in [6.07, 6.45) is 0.472. The van der Waals surface area contributed by atoms with Gasteiger partial charge in [-0.1, -0.05) is 12.1 Å². The molecule has 0 aliphatic carbocycles. The number of hydrogen-bond donors (Lipinski definition) is 0. The van der Waals surface area contributed by atoms with Gasteiger partial charge in [0.05, 0.1) is 13.2 Å². The Morgan fingerprint density at radius 3 is 2.89 bits per heavy atom. The number of piperazine rings is 1. The Morgan fingerprint density at radius 2 is 2.16 bits per heavy atom. The highest BCUT2D eigenvalue weighted by molar-refractivity contribution is 5.86. The topological polar surface area (TPSA) is 32.8 Å². The van der Waals surface area contributed by atoms with Crippen LogP contribution in [0.3, 0.4) is 0 Å². The maximum atomic E-state index is 12.4. The first-order valence-corrected chi connectivity index (χ1v) is 6.64. The first-order valence-electron chi connectivity index (χ1n) is 6.64. The van der Waals surface area contributed by atoms with Crippen LogP contribution in [0.25, 0.3) is 0 Å². The smallest absolute Gasteiger partial charge is 0.155 e. The summed E-state index contributed by atoms with van der Waals surface area (Å²) in [4.78, 5) is 16.8. The lowest BCUT2D eigenvalue weighted by molar-refractivity contribution is -0.125. The highest BCUT2D eigenvalue weighted by Gasteiger charge is 2.28. The molecule has 1 aromatic rings. The average Bonchev–Trinajstić information content (AvgIpc) is 2.41. The van der Waals surface area contributed by atoms with Crippen molar-refractivity contribution in [2.75, 3.05) is 40.8 Å². The van der Waals surface area contributed by atoms with Gasteiger partial charge in [0, 0.05) is 26.1 Å². The molecular formula is C15H22N2O2. The number of benzene rings is 1. The summed E-state index contributed by atoms with van der Waals surface area (Å²) >= 11 is 0. The highest BCUT2D eigenvalue weighted by atomic mass is 16.5. The fraction of sp³-hybridized carbons (Fsp3) is 0.533. The summed E-state index contributed by atoms with van der Waals surface area (Å²) in [6.45, 7) is 2.80. The van der Waals surface area contributed by atoms with E-state index in [-0.39, 0.29) is 11.8 Å². The van der Waals surface area contributed by atoms with Crippen molar-refractivity contribution in [2.45, 2.75) is 12.5 Å². The van der Waals surface area contributed by atoms with Crippen molar-refractivity contribution in [3.8, 4) is 5.75 Å². The first kappa shape index (κ1) is 14.0. The van der Waals surface area contributed by atoms with E-state index in [2.05, 4.69) is 16.8 Å². The van der Waals surface area contributed by atoms with E-state index in [1.165, 1.54) is 0 Å². The molecule has 0 radical (unpaired) electrons. The summed E-state index contributed by atoms with van der Waals surface area (Å²) in [6, 6.07) is 7.74. The van der Waals surface area contributed by atoms with Crippen molar-refractivity contribution in [3.05, 3.63) is 29.8 Å². The zero-order valence-corrected chi connectivity index (χ0v) is 11.9. The van der Waals surface area contributed by atoms with Crippen LogP contribution in [0.5, 0.6) is 5.75 Å². The lowest BCUT2D eigenvalue weighted by Gasteiger charge is -2.36.